The molecule has 0 radical (unpaired) electrons. The smallest absolute Gasteiger partial charge is 0.235 e. The van der Waals surface area contributed by atoms with E-state index in [0.717, 1.165) is 10.2 Å². The molecule has 0 amide bonds. The van der Waals surface area contributed by atoms with Crippen molar-refractivity contribution in [3.8, 4) is 23.4 Å². The Labute approximate surface area is 119 Å². The Bertz CT molecular complexity index is 659. The molecule has 5 nitrogen and oxygen atoms in total. The number of aryl methyl sites for hydroxylation is 2. The van der Waals surface area contributed by atoms with E-state index in [4.69, 9.17) is 14.7 Å². The first-order valence-electron chi connectivity index (χ1n) is 5.52. The van der Waals surface area contributed by atoms with Crippen molar-refractivity contribution in [2.75, 3.05) is 7.11 Å². The molecule has 0 bridgehead atoms. The fourth-order valence-electron chi connectivity index (χ4n) is 1.68. The number of nitrogens with zero attached hydrogens (tertiary/aromatic N) is 3. The fourth-order valence-corrected chi connectivity index (χ4v) is 2.12. The van der Waals surface area contributed by atoms with Crippen LogP contribution in [0.1, 0.15) is 11.3 Å². The molecule has 0 atom stereocenters. The molecule has 98 valence electrons. The number of ether oxygens (including phenoxy) is 2. The third-order valence-electron chi connectivity index (χ3n) is 2.63. The van der Waals surface area contributed by atoms with Crippen LogP contribution in [0, 0.1) is 18.3 Å². The highest BCUT2D eigenvalue weighted by Gasteiger charge is 2.16. The molecule has 0 saturated heterocycles. The van der Waals surface area contributed by atoms with E-state index >= 15 is 0 Å². The lowest BCUT2D eigenvalue weighted by Gasteiger charge is -2.09. The summed E-state index contributed by atoms with van der Waals surface area (Å²) in [7, 11) is 3.33. The van der Waals surface area contributed by atoms with Crippen molar-refractivity contribution < 1.29 is 9.47 Å². The Balaban J connectivity index is 2.40. The van der Waals surface area contributed by atoms with Crippen LogP contribution in [0.15, 0.2) is 22.7 Å². The monoisotopic (exact) mass is 321 g/mol. The summed E-state index contributed by atoms with van der Waals surface area (Å²) in [6.07, 6.45) is 0. The van der Waals surface area contributed by atoms with Gasteiger partial charge in [-0.05, 0) is 41.1 Å². The minimum absolute atomic E-state index is 0.422. The molecule has 0 N–H and O–H groups in total. The van der Waals surface area contributed by atoms with Gasteiger partial charge in [-0.1, -0.05) is 0 Å². The number of hydrogen-bond acceptors (Lipinski definition) is 4. The van der Waals surface area contributed by atoms with Gasteiger partial charge in [0, 0.05) is 7.05 Å². The molecule has 0 aliphatic rings. The van der Waals surface area contributed by atoms with Crippen LogP contribution in [0.5, 0.6) is 17.4 Å². The lowest BCUT2D eigenvalue weighted by atomic mass is 10.3. The standard InChI is InChI=1S/C13H12BrN3O2/c1-8-10(7-15)13(17(2)16-8)19-12-5-4-9(18-3)6-11(12)14/h4-6H,1-3H3. The van der Waals surface area contributed by atoms with Crippen LogP contribution >= 0.6 is 15.9 Å². The number of rotatable bonds is 3. The summed E-state index contributed by atoms with van der Waals surface area (Å²) in [4.78, 5) is 0. The molecule has 0 aliphatic carbocycles. The van der Waals surface area contributed by atoms with Crippen LogP contribution < -0.4 is 9.47 Å². The summed E-state index contributed by atoms with van der Waals surface area (Å²) >= 11 is 3.41. The molecule has 2 rings (SSSR count). The van der Waals surface area contributed by atoms with E-state index in [1.54, 1.807) is 44.0 Å². The average molecular weight is 322 g/mol. The second-order valence-electron chi connectivity index (χ2n) is 3.90. The third kappa shape index (κ3) is 2.56. The Morgan fingerprint density at radius 2 is 2.16 bits per heavy atom. The molecule has 1 heterocycles. The summed E-state index contributed by atoms with van der Waals surface area (Å²) < 4.78 is 13.2. The number of aromatic nitrogens is 2. The minimum atomic E-state index is 0.422. The fraction of sp³-hybridized carbons (Fsp3) is 0.231. The molecular weight excluding hydrogens is 310 g/mol. The minimum Gasteiger partial charge on any atom is -0.497 e. The van der Waals surface area contributed by atoms with Gasteiger partial charge in [-0.3, -0.25) is 0 Å². The SMILES string of the molecule is COc1ccc(Oc2c(C#N)c(C)nn2C)c(Br)c1. The predicted octanol–water partition coefficient (Wildman–Crippen LogP) is 3.16. The van der Waals surface area contributed by atoms with E-state index in [-0.39, 0.29) is 0 Å². The zero-order valence-electron chi connectivity index (χ0n) is 10.8. The van der Waals surface area contributed by atoms with Gasteiger partial charge in [0.1, 0.15) is 23.1 Å². The molecule has 0 saturated carbocycles. The molecule has 1 aromatic heterocycles. The van der Waals surface area contributed by atoms with E-state index in [9.17, 15) is 0 Å². The van der Waals surface area contributed by atoms with Crippen molar-refractivity contribution >= 4 is 15.9 Å². The Kier molecular flexibility index (Phi) is 3.76. The molecule has 0 aliphatic heterocycles. The van der Waals surface area contributed by atoms with Crippen molar-refractivity contribution in [1.29, 1.82) is 5.26 Å². The van der Waals surface area contributed by atoms with E-state index in [0.29, 0.717) is 22.9 Å². The number of hydrogen-bond donors (Lipinski definition) is 0. The largest absolute Gasteiger partial charge is 0.497 e. The second-order valence-corrected chi connectivity index (χ2v) is 4.75. The van der Waals surface area contributed by atoms with Crippen LogP contribution in [0.25, 0.3) is 0 Å². The zero-order valence-corrected chi connectivity index (χ0v) is 12.4. The van der Waals surface area contributed by atoms with Gasteiger partial charge < -0.3 is 9.47 Å². The van der Waals surface area contributed by atoms with Crippen molar-refractivity contribution in [2.45, 2.75) is 6.92 Å². The highest BCUT2D eigenvalue weighted by molar-refractivity contribution is 9.10. The van der Waals surface area contributed by atoms with Crippen LogP contribution in [0.2, 0.25) is 0 Å². The molecule has 19 heavy (non-hydrogen) atoms. The molecule has 0 unspecified atom stereocenters. The highest BCUT2D eigenvalue weighted by Crippen LogP contribution is 2.34. The maximum atomic E-state index is 9.13. The van der Waals surface area contributed by atoms with Gasteiger partial charge in [-0.15, -0.1) is 0 Å². The van der Waals surface area contributed by atoms with Gasteiger partial charge in [-0.25, -0.2) is 4.68 Å². The number of methoxy groups -OCH3 is 1. The number of benzene rings is 1. The summed E-state index contributed by atoms with van der Waals surface area (Å²) in [5.41, 5.74) is 1.08. The van der Waals surface area contributed by atoms with Crippen molar-refractivity contribution in [1.82, 2.24) is 9.78 Å². The van der Waals surface area contributed by atoms with E-state index in [2.05, 4.69) is 27.1 Å². The first kappa shape index (κ1) is 13.4. The van der Waals surface area contributed by atoms with Gasteiger partial charge in [0.25, 0.3) is 0 Å². The summed E-state index contributed by atoms with van der Waals surface area (Å²) in [5.74, 6) is 1.74. The number of nitriles is 1. The lowest BCUT2D eigenvalue weighted by Crippen LogP contribution is -1.96. The second kappa shape index (κ2) is 5.33. The van der Waals surface area contributed by atoms with Crippen molar-refractivity contribution in [2.24, 2.45) is 7.05 Å². The van der Waals surface area contributed by atoms with Crippen LogP contribution in [0.3, 0.4) is 0 Å². The molecule has 1 aromatic carbocycles. The van der Waals surface area contributed by atoms with E-state index < -0.39 is 0 Å². The Hall–Kier alpha value is -2.00. The highest BCUT2D eigenvalue weighted by atomic mass is 79.9. The quantitative estimate of drug-likeness (QED) is 0.871. The van der Waals surface area contributed by atoms with Crippen LogP contribution in [-0.4, -0.2) is 16.9 Å². The van der Waals surface area contributed by atoms with Crippen LogP contribution in [-0.2, 0) is 7.05 Å². The lowest BCUT2D eigenvalue weighted by molar-refractivity contribution is 0.407. The Morgan fingerprint density at radius 3 is 2.74 bits per heavy atom. The first-order valence-corrected chi connectivity index (χ1v) is 6.31. The number of halogens is 1. The van der Waals surface area contributed by atoms with Gasteiger partial charge in [0.2, 0.25) is 5.88 Å². The Morgan fingerprint density at radius 1 is 1.42 bits per heavy atom. The summed E-state index contributed by atoms with van der Waals surface area (Å²) in [6, 6.07) is 7.45. The topological polar surface area (TPSA) is 60.1 Å². The molecule has 2 aromatic rings. The molecule has 0 fully saturated rings. The summed E-state index contributed by atoms with van der Waals surface area (Å²) in [5, 5.41) is 13.3. The van der Waals surface area contributed by atoms with E-state index in [1.807, 2.05) is 0 Å². The van der Waals surface area contributed by atoms with Gasteiger partial charge in [0.05, 0.1) is 17.3 Å². The van der Waals surface area contributed by atoms with Gasteiger partial charge >= 0.3 is 0 Å². The normalized spacial score (nSPS) is 10.1. The first-order chi connectivity index (χ1) is 9.06. The zero-order chi connectivity index (χ0) is 14.0. The van der Waals surface area contributed by atoms with Crippen molar-refractivity contribution in [3.63, 3.8) is 0 Å². The average Bonchev–Trinajstić information content (AvgIpc) is 2.66. The third-order valence-corrected chi connectivity index (χ3v) is 3.25. The maximum absolute atomic E-state index is 9.13. The maximum Gasteiger partial charge on any atom is 0.235 e. The predicted molar refractivity (Wildman–Crippen MR) is 73.4 cm³/mol. The van der Waals surface area contributed by atoms with Gasteiger partial charge in [0.15, 0.2) is 0 Å². The van der Waals surface area contributed by atoms with Crippen molar-refractivity contribution in [3.05, 3.63) is 33.9 Å². The van der Waals surface area contributed by atoms with E-state index in [1.165, 1.54) is 0 Å². The molecule has 0 spiro atoms. The molecule has 6 heteroatoms. The van der Waals surface area contributed by atoms with Gasteiger partial charge in [-0.2, -0.15) is 10.4 Å². The molecular formula is C13H12BrN3O2. The van der Waals surface area contributed by atoms with Crippen LogP contribution in [0.4, 0.5) is 0 Å². The summed E-state index contributed by atoms with van der Waals surface area (Å²) in [6.45, 7) is 1.77.